The van der Waals surface area contributed by atoms with Gasteiger partial charge in [-0.1, -0.05) is 42.5 Å². The summed E-state index contributed by atoms with van der Waals surface area (Å²) < 4.78 is 5.11. The van der Waals surface area contributed by atoms with Gasteiger partial charge in [0.2, 0.25) is 5.91 Å². The van der Waals surface area contributed by atoms with Crippen LogP contribution in [-0.2, 0) is 11.2 Å². The highest BCUT2D eigenvalue weighted by Crippen LogP contribution is 2.17. The normalized spacial score (nSPS) is 15.7. The van der Waals surface area contributed by atoms with E-state index in [4.69, 9.17) is 4.74 Å². The van der Waals surface area contributed by atoms with Gasteiger partial charge in [-0.05, 0) is 36.2 Å². The Kier molecular flexibility index (Phi) is 5.69. The van der Waals surface area contributed by atoms with Crippen molar-refractivity contribution in [2.75, 3.05) is 20.2 Å². The lowest BCUT2D eigenvalue weighted by Crippen LogP contribution is -2.46. The number of hydrogen-bond donors (Lipinski definition) is 1. The van der Waals surface area contributed by atoms with E-state index in [1.165, 1.54) is 5.56 Å². The van der Waals surface area contributed by atoms with Gasteiger partial charge < -0.3 is 15.0 Å². The zero-order valence-corrected chi connectivity index (χ0v) is 14.7. The Morgan fingerprint density at radius 1 is 1.12 bits per heavy atom. The van der Waals surface area contributed by atoms with Crippen LogP contribution in [0, 0.1) is 0 Å². The Hall–Kier alpha value is -3.08. The van der Waals surface area contributed by atoms with E-state index in [2.05, 4.69) is 5.32 Å². The molecule has 3 rings (SSSR count). The molecule has 0 unspecified atom stereocenters. The second-order valence-corrected chi connectivity index (χ2v) is 6.09. The molecule has 0 aromatic heterocycles. The van der Waals surface area contributed by atoms with Crippen LogP contribution in [0.25, 0.3) is 0 Å². The van der Waals surface area contributed by atoms with Crippen LogP contribution in [0.1, 0.15) is 15.9 Å². The predicted molar refractivity (Wildman–Crippen MR) is 100 cm³/mol. The molecule has 0 fully saturated rings. The van der Waals surface area contributed by atoms with Crippen LogP contribution in [-0.4, -0.2) is 43.0 Å². The average molecular weight is 350 g/mol. The molecule has 1 heterocycles. The van der Waals surface area contributed by atoms with Gasteiger partial charge in [-0.15, -0.1) is 0 Å². The van der Waals surface area contributed by atoms with Gasteiger partial charge in [-0.25, -0.2) is 0 Å². The summed E-state index contributed by atoms with van der Waals surface area (Å²) in [5.74, 6) is 0.369. The molecular formula is C21H22N2O3. The number of rotatable bonds is 6. The van der Waals surface area contributed by atoms with Crippen molar-refractivity contribution in [1.29, 1.82) is 0 Å². The number of amides is 2. The number of hydrogen-bond acceptors (Lipinski definition) is 3. The standard InChI is InChI=1S/C21H22N2O3/c1-26-18-11-9-17(10-12-18)21(25)23-15-5-8-19(23)20(24)22-14-13-16-6-3-2-4-7-16/h2-12,19H,13-15H2,1H3,(H,22,24)/t19-/m0/s1. The quantitative estimate of drug-likeness (QED) is 0.814. The highest BCUT2D eigenvalue weighted by atomic mass is 16.5. The van der Waals surface area contributed by atoms with Crippen molar-refractivity contribution in [3.05, 3.63) is 77.9 Å². The summed E-state index contributed by atoms with van der Waals surface area (Å²) in [6, 6.07) is 16.3. The SMILES string of the molecule is COc1ccc(C(=O)N2CC=C[C@H]2C(=O)NCCc2ccccc2)cc1. The minimum Gasteiger partial charge on any atom is -0.497 e. The van der Waals surface area contributed by atoms with Crippen LogP contribution < -0.4 is 10.1 Å². The lowest BCUT2D eigenvalue weighted by Gasteiger charge is -2.24. The maximum Gasteiger partial charge on any atom is 0.255 e. The summed E-state index contributed by atoms with van der Waals surface area (Å²) in [7, 11) is 1.58. The van der Waals surface area contributed by atoms with Crippen LogP contribution in [0.3, 0.4) is 0 Å². The van der Waals surface area contributed by atoms with Gasteiger partial charge in [-0.2, -0.15) is 0 Å². The van der Waals surface area contributed by atoms with E-state index < -0.39 is 6.04 Å². The van der Waals surface area contributed by atoms with Crippen LogP contribution >= 0.6 is 0 Å². The van der Waals surface area contributed by atoms with E-state index in [1.54, 1.807) is 42.4 Å². The first-order valence-corrected chi connectivity index (χ1v) is 8.62. The molecule has 0 bridgehead atoms. The lowest BCUT2D eigenvalue weighted by molar-refractivity contribution is -0.123. The largest absolute Gasteiger partial charge is 0.497 e. The average Bonchev–Trinajstić information content (AvgIpc) is 3.18. The fourth-order valence-corrected chi connectivity index (χ4v) is 2.94. The molecular weight excluding hydrogens is 328 g/mol. The van der Waals surface area contributed by atoms with Crippen molar-refractivity contribution in [3.63, 3.8) is 0 Å². The molecule has 0 saturated carbocycles. The maximum absolute atomic E-state index is 12.7. The van der Waals surface area contributed by atoms with Gasteiger partial charge in [0.05, 0.1) is 7.11 Å². The van der Waals surface area contributed by atoms with E-state index in [9.17, 15) is 9.59 Å². The fraction of sp³-hybridized carbons (Fsp3) is 0.238. The van der Waals surface area contributed by atoms with Crippen molar-refractivity contribution >= 4 is 11.8 Å². The third-order valence-corrected chi connectivity index (χ3v) is 4.38. The molecule has 2 amide bonds. The lowest BCUT2D eigenvalue weighted by atomic mass is 10.1. The van der Waals surface area contributed by atoms with Crippen LogP contribution in [0.4, 0.5) is 0 Å². The number of carbonyl (C=O) groups is 2. The molecule has 26 heavy (non-hydrogen) atoms. The van der Waals surface area contributed by atoms with Crippen LogP contribution in [0.5, 0.6) is 5.75 Å². The monoisotopic (exact) mass is 350 g/mol. The molecule has 1 atom stereocenters. The number of carbonyl (C=O) groups excluding carboxylic acids is 2. The molecule has 1 N–H and O–H groups in total. The summed E-state index contributed by atoms with van der Waals surface area (Å²) in [4.78, 5) is 26.8. The van der Waals surface area contributed by atoms with E-state index in [-0.39, 0.29) is 11.8 Å². The Bertz CT molecular complexity index is 785. The second-order valence-electron chi connectivity index (χ2n) is 6.09. The zero-order chi connectivity index (χ0) is 18.4. The molecule has 1 aliphatic heterocycles. The Morgan fingerprint density at radius 2 is 1.85 bits per heavy atom. The van der Waals surface area contributed by atoms with Crippen molar-refractivity contribution in [3.8, 4) is 5.75 Å². The summed E-state index contributed by atoms with van der Waals surface area (Å²) in [5, 5.41) is 2.92. The zero-order valence-electron chi connectivity index (χ0n) is 14.7. The molecule has 5 nitrogen and oxygen atoms in total. The first-order chi connectivity index (χ1) is 12.7. The molecule has 2 aromatic carbocycles. The summed E-state index contributed by atoms with van der Waals surface area (Å²) in [6.07, 6.45) is 4.39. The van der Waals surface area contributed by atoms with Gasteiger partial charge in [0.15, 0.2) is 0 Å². The van der Waals surface area contributed by atoms with E-state index in [1.807, 2.05) is 36.4 Å². The Morgan fingerprint density at radius 3 is 2.54 bits per heavy atom. The maximum atomic E-state index is 12.7. The van der Waals surface area contributed by atoms with Gasteiger partial charge in [0.1, 0.15) is 11.8 Å². The topological polar surface area (TPSA) is 58.6 Å². The minimum atomic E-state index is -0.569. The van der Waals surface area contributed by atoms with E-state index >= 15 is 0 Å². The number of methoxy groups -OCH3 is 1. The second kappa shape index (κ2) is 8.34. The minimum absolute atomic E-state index is 0.156. The fourth-order valence-electron chi connectivity index (χ4n) is 2.94. The highest BCUT2D eigenvalue weighted by Gasteiger charge is 2.30. The van der Waals surface area contributed by atoms with Gasteiger partial charge in [-0.3, -0.25) is 9.59 Å². The third-order valence-electron chi connectivity index (χ3n) is 4.38. The number of benzene rings is 2. The molecule has 134 valence electrons. The molecule has 0 saturated heterocycles. The third kappa shape index (κ3) is 4.11. The van der Waals surface area contributed by atoms with E-state index in [0.29, 0.717) is 24.4 Å². The molecule has 5 heteroatoms. The molecule has 1 aliphatic rings. The molecule has 0 aliphatic carbocycles. The van der Waals surface area contributed by atoms with Crippen molar-refractivity contribution in [1.82, 2.24) is 10.2 Å². The summed E-state index contributed by atoms with van der Waals surface area (Å²) >= 11 is 0. The van der Waals surface area contributed by atoms with Crippen molar-refractivity contribution in [2.45, 2.75) is 12.5 Å². The summed E-state index contributed by atoms with van der Waals surface area (Å²) in [5.41, 5.74) is 1.71. The first-order valence-electron chi connectivity index (χ1n) is 8.62. The smallest absolute Gasteiger partial charge is 0.255 e. The van der Waals surface area contributed by atoms with Gasteiger partial charge in [0, 0.05) is 18.7 Å². The predicted octanol–water partition coefficient (Wildman–Crippen LogP) is 2.43. The molecule has 2 aromatic rings. The van der Waals surface area contributed by atoms with E-state index in [0.717, 1.165) is 6.42 Å². The Balaban J connectivity index is 1.58. The Labute approximate surface area is 153 Å². The molecule has 0 radical (unpaired) electrons. The first kappa shape index (κ1) is 17.7. The van der Waals surface area contributed by atoms with Crippen LogP contribution in [0.15, 0.2) is 66.7 Å². The number of ether oxygens (including phenoxy) is 1. The molecule has 0 spiro atoms. The van der Waals surface area contributed by atoms with Crippen molar-refractivity contribution in [2.24, 2.45) is 0 Å². The van der Waals surface area contributed by atoms with Gasteiger partial charge >= 0.3 is 0 Å². The number of nitrogens with zero attached hydrogens (tertiary/aromatic N) is 1. The number of nitrogens with one attached hydrogen (secondary N) is 1. The van der Waals surface area contributed by atoms with Gasteiger partial charge in [0.25, 0.3) is 5.91 Å². The highest BCUT2D eigenvalue weighted by molar-refractivity contribution is 5.99. The van der Waals surface area contributed by atoms with Crippen LogP contribution in [0.2, 0.25) is 0 Å². The summed E-state index contributed by atoms with van der Waals surface area (Å²) in [6.45, 7) is 0.972. The van der Waals surface area contributed by atoms with Crippen molar-refractivity contribution < 1.29 is 14.3 Å².